The maximum atomic E-state index is 13.0. The molecule has 1 aromatic carbocycles. The van der Waals surface area contributed by atoms with E-state index in [9.17, 15) is 4.39 Å². The molecule has 4 rings (SSSR count). The number of thiazole rings is 1. The summed E-state index contributed by atoms with van der Waals surface area (Å²) in [6.07, 6.45) is 5.78. The second-order valence-electron chi connectivity index (χ2n) is 7.33. The van der Waals surface area contributed by atoms with Gasteiger partial charge in [-0.15, -0.1) is 11.3 Å². The van der Waals surface area contributed by atoms with Crippen molar-refractivity contribution in [2.24, 2.45) is 5.41 Å². The van der Waals surface area contributed by atoms with Crippen LogP contribution in [-0.2, 0) is 13.1 Å². The summed E-state index contributed by atoms with van der Waals surface area (Å²) in [6.45, 7) is 4.22. The highest BCUT2D eigenvalue weighted by Crippen LogP contribution is 2.56. The monoisotopic (exact) mass is 345 g/mol. The quantitative estimate of drug-likeness (QED) is 0.822. The van der Waals surface area contributed by atoms with E-state index in [2.05, 4.69) is 27.2 Å². The van der Waals surface area contributed by atoms with Crippen molar-refractivity contribution in [3.63, 3.8) is 0 Å². The van der Waals surface area contributed by atoms with Gasteiger partial charge in [0.25, 0.3) is 0 Å². The van der Waals surface area contributed by atoms with Gasteiger partial charge in [-0.1, -0.05) is 12.1 Å². The molecular formula is C19H24FN3S. The van der Waals surface area contributed by atoms with Crippen molar-refractivity contribution in [3.8, 4) is 0 Å². The van der Waals surface area contributed by atoms with Crippen molar-refractivity contribution < 1.29 is 4.39 Å². The number of nitrogens with zero attached hydrogens (tertiary/aromatic N) is 3. The molecule has 3 nitrogen and oxygen atoms in total. The molecule has 1 atom stereocenters. The molecule has 0 bridgehead atoms. The summed E-state index contributed by atoms with van der Waals surface area (Å²) in [5.41, 5.74) is 1.74. The molecule has 2 fully saturated rings. The average Bonchev–Trinajstić information content (AvgIpc) is 3.03. The van der Waals surface area contributed by atoms with E-state index in [-0.39, 0.29) is 5.82 Å². The largest absolute Gasteiger partial charge is 0.299 e. The highest BCUT2D eigenvalue weighted by atomic mass is 32.1. The maximum absolute atomic E-state index is 13.0. The van der Waals surface area contributed by atoms with Gasteiger partial charge < -0.3 is 0 Å². The van der Waals surface area contributed by atoms with Gasteiger partial charge in [0.15, 0.2) is 0 Å². The fourth-order valence-corrected chi connectivity index (χ4v) is 4.82. The van der Waals surface area contributed by atoms with Gasteiger partial charge in [-0.2, -0.15) is 0 Å². The van der Waals surface area contributed by atoms with Gasteiger partial charge >= 0.3 is 0 Å². The lowest BCUT2D eigenvalue weighted by atomic mass is 9.92. The zero-order valence-electron chi connectivity index (χ0n) is 14.1. The van der Waals surface area contributed by atoms with Gasteiger partial charge in [0.05, 0.1) is 6.54 Å². The molecule has 2 heterocycles. The summed E-state index contributed by atoms with van der Waals surface area (Å²) in [7, 11) is 2.24. The first-order chi connectivity index (χ1) is 11.6. The normalized spacial score (nSPS) is 23.0. The standard InChI is InChI=1S/C19H24FN3S/c1-22(14-18-21-8-11-24-18)17-12-19(17)6-9-23(10-7-19)13-15-2-4-16(20)5-3-15/h2-5,8,11,17H,6-7,9-10,12-14H2,1H3/t17-/m0/s1. The number of rotatable bonds is 5. The Labute approximate surface area is 147 Å². The first-order valence-electron chi connectivity index (χ1n) is 8.70. The molecule has 128 valence electrons. The van der Waals surface area contributed by atoms with Crippen LogP contribution >= 0.6 is 11.3 Å². The maximum Gasteiger partial charge on any atom is 0.123 e. The molecule has 0 amide bonds. The van der Waals surface area contributed by atoms with Crippen LogP contribution in [0.5, 0.6) is 0 Å². The molecule has 24 heavy (non-hydrogen) atoms. The third-order valence-corrected chi connectivity index (χ3v) is 6.48. The summed E-state index contributed by atoms with van der Waals surface area (Å²) in [4.78, 5) is 9.41. The molecular weight excluding hydrogens is 321 g/mol. The van der Waals surface area contributed by atoms with Crippen LogP contribution in [0.4, 0.5) is 4.39 Å². The summed E-state index contributed by atoms with van der Waals surface area (Å²) in [5.74, 6) is -0.152. The first-order valence-corrected chi connectivity index (χ1v) is 9.58. The number of benzene rings is 1. The summed E-state index contributed by atoms with van der Waals surface area (Å²) in [5, 5.41) is 3.27. The van der Waals surface area contributed by atoms with Crippen LogP contribution < -0.4 is 0 Å². The Morgan fingerprint density at radius 3 is 2.71 bits per heavy atom. The van der Waals surface area contributed by atoms with Crippen LogP contribution in [0.2, 0.25) is 0 Å². The molecule has 1 spiro atoms. The topological polar surface area (TPSA) is 19.4 Å². The van der Waals surface area contributed by atoms with E-state index >= 15 is 0 Å². The van der Waals surface area contributed by atoms with Gasteiger partial charge in [0.1, 0.15) is 10.8 Å². The third-order valence-electron chi connectivity index (χ3n) is 5.72. The average molecular weight is 345 g/mol. The zero-order chi connectivity index (χ0) is 16.6. The molecule has 1 aliphatic heterocycles. The van der Waals surface area contributed by atoms with Crippen LogP contribution in [0.25, 0.3) is 0 Å². The van der Waals surface area contributed by atoms with E-state index in [0.717, 1.165) is 32.2 Å². The van der Waals surface area contributed by atoms with Gasteiger partial charge in [-0.05, 0) is 62.5 Å². The van der Waals surface area contributed by atoms with E-state index in [4.69, 9.17) is 0 Å². The molecule has 1 aliphatic carbocycles. The van der Waals surface area contributed by atoms with Crippen LogP contribution in [-0.4, -0.2) is 41.0 Å². The number of likely N-dealkylation sites (tertiary alicyclic amines) is 1. The van der Waals surface area contributed by atoms with Crippen molar-refractivity contribution in [1.29, 1.82) is 0 Å². The molecule has 0 N–H and O–H groups in total. The third kappa shape index (κ3) is 3.39. The Hall–Kier alpha value is -1.30. The lowest BCUT2D eigenvalue weighted by Gasteiger charge is -2.34. The predicted octanol–water partition coefficient (Wildman–Crippen LogP) is 3.77. The predicted molar refractivity (Wildman–Crippen MR) is 95.3 cm³/mol. The van der Waals surface area contributed by atoms with Crippen LogP contribution in [0, 0.1) is 11.2 Å². The van der Waals surface area contributed by atoms with Gasteiger partial charge in [0, 0.05) is 24.2 Å². The summed E-state index contributed by atoms with van der Waals surface area (Å²) < 4.78 is 13.0. The molecule has 0 unspecified atom stereocenters. The van der Waals surface area contributed by atoms with E-state index in [1.54, 1.807) is 23.5 Å². The van der Waals surface area contributed by atoms with Gasteiger partial charge in [-0.25, -0.2) is 9.37 Å². The minimum Gasteiger partial charge on any atom is -0.299 e. The Kier molecular flexibility index (Phi) is 4.41. The van der Waals surface area contributed by atoms with Gasteiger partial charge in [-0.3, -0.25) is 9.80 Å². The minimum absolute atomic E-state index is 0.152. The molecule has 0 radical (unpaired) electrons. The van der Waals surface area contributed by atoms with Crippen molar-refractivity contribution in [1.82, 2.24) is 14.8 Å². The minimum atomic E-state index is -0.152. The van der Waals surface area contributed by atoms with E-state index < -0.39 is 0 Å². The summed E-state index contributed by atoms with van der Waals surface area (Å²) >= 11 is 1.75. The number of hydrogen-bond donors (Lipinski definition) is 0. The van der Waals surface area contributed by atoms with E-state index in [1.807, 2.05) is 18.3 Å². The number of aromatic nitrogens is 1. The van der Waals surface area contributed by atoms with E-state index in [0.29, 0.717) is 5.41 Å². The van der Waals surface area contributed by atoms with E-state index in [1.165, 1.54) is 29.8 Å². The lowest BCUT2D eigenvalue weighted by molar-refractivity contribution is 0.139. The molecule has 1 saturated carbocycles. The molecule has 1 saturated heterocycles. The number of halogens is 1. The van der Waals surface area contributed by atoms with Crippen LogP contribution in [0.3, 0.4) is 0 Å². The molecule has 1 aromatic heterocycles. The van der Waals surface area contributed by atoms with Crippen molar-refractivity contribution in [2.75, 3.05) is 20.1 Å². The fraction of sp³-hybridized carbons (Fsp3) is 0.526. The molecule has 2 aromatic rings. The molecule has 2 aliphatic rings. The van der Waals surface area contributed by atoms with Gasteiger partial charge in [0.2, 0.25) is 0 Å². The second kappa shape index (κ2) is 6.54. The summed E-state index contributed by atoms with van der Waals surface area (Å²) in [6, 6.07) is 7.65. The number of piperidine rings is 1. The SMILES string of the molecule is CN(Cc1nccs1)[C@H]1CC12CCN(Cc1ccc(F)cc1)CC2. The van der Waals surface area contributed by atoms with Crippen molar-refractivity contribution in [2.45, 2.75) is 38.4 Å². The van der Waals surface area contributed by atoms with Crippen molar-refractivity contribution in [3.05, 3.63) is 52.2 Å². The lowest BCUT2D eigenvalue weighted by Crippen LogP contribution is -2.37. The molecule has 5 heteroatoms. The Morgan fingerprint density at radius 2 is 2.04 bits per heavy atom. The van der Waals surface area contributed by atoms with Crippen LogP contribution in [0.15, 0.2) is 35.8 Å². The zero-order valence-corrected chi connectivity index (χ0v) is 14.9. The Morgan fingerprint density at radius 1 is 1.29 bits per heavy atom. The fourth-order valence-electron chi connectivity index (χ4n) is 4.15. The highest BCUT2D eigenvalue weighted by molar-refractivity contribution is 7.09. The highest BCUT2D eigenvalue weighted by Gasteiger charge is 2.56. The first kappa shape index (κ1) is 16.2. The smallest absolute Gasteiger partial charge is 0.123 e. The second-order valence-corrected chi connectivity index (χ2v) is 8.30. The number of hydrogen-bond acceptors (Lipinski definition) is 4. The van der Waals surface area contributed by atoms with Crippen molar-refractivity contribution >= 4 is 11.3 Å². The Balaban J connectivity index is 1.28. The van der Waals surface area contributed by atoms with Crippen LogP contribution in [0.1, 0.15) is 29.8 Å². The Bertz CT molecular complexity index is 662.